The molecule has 2 aromatic heterocycles. The van der Waals surface area contributed by atoms with E-state index in [4.69, 9.17) is 4.74 Å². The third-order valence-corrected chi connectivity index (χ3v) is 5.03. The Labute approximate surface area is 176 Å². The molecule has 4 rings (SSSR count). The molecule has 0 saturated heterocycles. The Balaban J connectivity index is 1.49. The van der Waals surface area contributed by atoms with Gasteiger partial charge in [-0.25, -0.2) is 4.79 Å². The Morgan fingerprint density at radius 3 is 2.69 bits per heavy atom. The molecule has 0 aliphatic heterocycles. The number of fused-ring (bicyclic) bond motifs is 1. The van der Waals surface area contributed by atoms with E-state index in [1.54, 1.807) is 31.6 Å². The number of carbonyl (C=O) groups is 1. The minimum atomic E-state index is -0.336. The number of hydrogen-bond acceptors (Lipinski definition) is 3. The molecular weight excluding hydrogens is 432 g/mol. The predicted molar refractivity (Wildman–Crippen MR) is 119 cm³/mol. The van der Waals surface area contributed by atoms with Crippen LogP contribution in [0.2, 0.25) is 0 Å². The van der Waals surface area contributed by atoms with Crippen molar-refractivity contribution in [2.45, 2.75) is 6.54 Å². The molecule has 0 atom stereocenters. The number of aromatic nitrogens is 2. The summed E-state index contributed by atoms with van der Waals surface area (Å²) in [5.41, 5.74) is 3.58. The van der Waals surface area contributed by atoms with Gasteiger partial charge in [0.1, 0.15) is 5.75 Å². The average Bonchev–Trinajstić information content (AvgIpc) is 3.11. The van der Waals surface area contributed by atoms with Crippen molar-refractivity contribution < 1.29 is 9.53 Å². The van der Waals surface area contributed by atoms with E-state index in [9.17, 15) is 4.79 Å². The summed E-state index contributed by atoms with van der Waals surface area (Å²) in [7, 11) is 1.57. The Morgan fingerprint density at radius 1 is 1.07 bits per heavy atom. The number of urea groups is 1. The highest BCUT2D eigenvalue weighted by atomic mass is 79.9. The number of rotatable bonds is 5. The Hall–Kier alpha value is -3.32. The predicted octanol–water partition coefficient (Wildman–Crippen LogP) is 5.50. The molecule has 29 heavy (non-hydrogen) atoms. The number of pyridine rings is 1. The second-order valence-corrected chi connectivity index (χ2v) is 7.41. The van der Waals surface area contributed by atoms with E-state index < -0.39 is 0 Å². The maximum Gasteiger partial charge on any atom is 0.323 e. The summed E-state index contributed by atoms with van der Waals surface area (Å²) in [6, 6.07) is 17.0. The van der Waals surface area contributed by atoms with Gasteiger partial charge in [-0.15, -0.1) is 0 Å². The molecule has 0 unspecified atom stereocenters. The van der Waals surface area contributed by atoms with Crippen molar-refractivity contribution in [1.82, 2.24) is 9.55 Å². The van der Waals surface area contributed by atoms with Crippen LogP contribution in [0.1, 0.15) is 5.56 Å². The van der Waals surface area contributed by atoms with Crippen molar-refractivity contribution in [3.05, 3.63) is 83.2 Å². The largest absolute Gasteiger partial charge is 0.495 e. The summed E-state index contributed by atoms with van der Waals surface area (Å²) in [4.78, 5) is 16.5. The van der Waals surface area contributed by atoms with Crippen molar-refractivity contribution in [1.29, 1.82) is 0 Å². The zero-order chi connectivity index (χ0) is 20.2. The normalized spacial score (nSPS) is 10.7. The van der Waals surface area contributed by atoms with Gasteiger partial charge in [-0.05, 0) is 60.2 Å². The summed E-state index contributed by atoms with van der Waals surface area (Å²) >= 11 is 3.40. The van der Waals surface area contributed by atoms with E-state index in [0.717, 1.165) is 21.9 Å². The summed E-state index contributed by atoms with van der Waals surface area (Å²) < 4.78 is 8.31. The van der Waals surface area contributed by atoms with Crippen molar-refractivity contribution in [3.63, 3.8) is 0 Å². The van der Waals surface area contributed by atoms with Crippen LogP contribution in [0.5, 0.6) is 5.75 Å². The first-order valence-electron chi connectivity index (χ1n) is 9.02. The van der Waals surface area contributed by atoms with Crippen LogP contribution < -0.4 is 15.4 Å². The van der Waals surface area contributed by atoms with Gasteiger partial charge in [-0.2, -0.15) is 0 Å². The van der Waals surface area contributed by atoms with E-state index in [-0.39, 0.29) is 6.03 Å². The van der Waals surface area contributed by atoms with E-state index >= 15 is 0 Å². The van der Waals surface area contributed by atoms with Crippen LogP contribution in [0.4, 0.5) is 16.2 Å². The van der Waals surface area contributed by atoms with Gasteiger partial charge in [0.25, 0.3) is 0 Å². The van der Waals surface area contributed by atoms with Crippen LogP contribution in [0.25, 0.3) is 10.9 Å². The Morgan fingerprint density at radius 2 is 1.90 bits per heavy atom. The molecule has 2 aromatic carbocycles. The van der Waals surface area contributed by atoms with Gasteiger partial charge in [-0.3, -0.25) is 4.98 Å². The Bertz CT molecular complexity index is 1160. The lowest BCUT2D eigenvalue weighted by Gasteiger charge is -2.12. The number of ether oxygens (including phenoxy) is 1. The summed E-state index contributed by atoms with van der Waals surface area (Å²) in [5.74, 6) is 0.590. The van der Waals surface area contributed by atoms with Crippen LogP contribution in [0.3, 0.4) is 0 Å². The number of carbonyl (C=O) groups excluding carboxylic acids is 1. The number of nitrogens with zero attached hydrogens (tertiary/aromatic N) is 2. The lowest BCUT2D eigenvalue weighted by molar-refractivity contribution is 0.262. The molecule has 2 N–H and O–H groups in total. The quantitative estimate of drug-likeness (QED) is 0.421. The molecule has 0 aliphatic carbocycles. The number of hydrogen-bond donors (Lipinski definition) is 2. The zero-order valence-corrected chi connectivity index (χ0v) is 17.3. The van der Waals surface area contributed by atoms with Gasteiger partial charge < -0.3 is 19.9 Å². The summed E-state index contributed by atoms with van der Waals surface area (Å²) in [5, 5.41) is 6.75. The van der Waals surface area contributed by atoms with E-state index in [0.29, 0.717) is 17.1 Å². The number of benzene rings is 2. The van der Waals surface area contributed by atoms with Crippen molar-refractivity contribution in [2.75, 3.05) is 17.7 Å². The number of methoxy groups -OCH3 is 1. The molecule has 0 radical (unpaired) electrons. The fourth-order valence-electron chi connectivity index (χ4n) is 3.16. The zero-order valence-electron chi connectivity index (χ0n) is 15.7. The van der Waals surface area contributed by atoms with Gasteiger partial charge in [0.05, 0.1) is 12.8 Å². The first-order valence-corrected chi connectivity index (χ1v) is 9.81. The van der Waals surface area contributed by atoms with Gasteiger partial charge in [-0.1, -0.05) is 15.9 Å². The molecule has 146 valence electrons. The summed E-state index contributed by atoms with van der Waals surface area (Å²) in [6.45, 7) is 0.766. The maximum atomic E-state index is 12.4. The van der Waals surface area contributed by atoms with E-state index in [1.807, 2.05) is 48.7 Å². The topological polar surface area (TPSA) is 68.2 Å². The molecule has 0 bridgehead atoms. The van der Waals surface area contributed by atoms with Crippen LogP contribution >= 0.6 is 15.9 Å². The highest BCUT2D eigenvalue weighted by molar-refractivity contribution is 9.10. The molecule has 0 saturated carbocycles. The van der Waals surface area contributed by atoms with Gasteiger partial charge >= 0.3 is 6.03 Å². The van der Waals surface area contributed by atoms with Gasteiger partial charge in [0.2, 0.25) is 0 Å². The van der Waals surface area contributed by atoms with E-state index in [2.05, 4.69) is 36.1 Å². The highest BCUT2D eigenvalue weighted by Gasteiger charge is 2.10. The molecule has 4 aromatic rings. The lowest BCUT2D eigenvalue weighted by Crippen LogP contribution is -2.19. The molecule has 6 nitrogen and oxygen atoms in total. The van der Waals surface area contributed by atoms with Crippen molar-refractivity contribution in [2.24, 2.45) is 0 Å². The number of amides is 2. The minimum Gasteiger partial charge on any atom is -0.495 e. The monoisotopic (exact) mass is 450 g/mol. The van der Waals surface area contributed by atoms with Crippen LogP contribution in [0.15, 0.2) is 77.7 Å². The first kappa shape index (κ1) is 19.0. The summed E-state index contributed by atoms with van der Waals surface area (Å²) in [6.07, 6.45) is 5.63. The fourth-order valence-corrected chi connectivity index (χ4v) is 3.52. The molecule has 0 fully saturated rings. The molecule has 7 heteroatoms. The van der Waals surface area contributed by atoms with Crippen LogP contribution in [-0.2, 0) is 6.54 Å². The first-order chi connectivity index (χ1) is 14.1. The molecule has 0 spiro atoms. The molecule has 0 aliphatic rings. The smallest absolute Gasteiger partial charge is 0.323 e. The fraction of sp³-hybridized carbons (Fsp3) is 0.0909. The second-order valence-electron chi connectivity index (χ2n) is 6.50. The van der Waals surface area contributed by atoms with Gasteiger partial charge in [0.15, 0.2) is 0 Å². The van der Waals surface area contributed by atoms with Crippen molar-refractivity contribution >= 4 is 44.2 Å². The van der Waals surface area contributed by atoms with Crippen LogP contribution in [0, 0.1) is 0 Å². The lowest BCUT2D eigenvalue weighted by atomic mass is 10.2. The molecule has 2 heterocycles. The van der Waals surface area contributed by atoms with E-state index in [1.165, 1.54) is 5.56 Å². The SMILES string of the molecule is COc1ccc(Br)cc1NC(=O)Nc1ccc2c(ccn2Cc2ccncc2)c1. The average molecular weight is 451 g/mol. The highest BCUT2D eigenvalue weighted by Crippen LogP contribution is 2.28. The molecular formula is C22H19BrN4O2. The minimum absolute atomic E-state index is 0.336. The molecule has 2 amide bonds. The second kappa shape index (κ2) is 8.36. The Kier molecular flexibility index (Phi) is 5.48. The van der Waals surface area contributed by atoms with Crippen molar-refractivity contribution in [3.8, 4) is 5.75 Å². The van der Waals surface area contributed by atoms with Gasteiger partial charge in [0, 0.05) is 46.2 Å². The third kappa shape index (κ3) is 4.41. The number of nitrogens with one attached hydrogen (secondary N) is 2. The standard InChI is InChI=1S/C22H19BrN4O2/c1-29-21-5-2-17(23)13-19(21)26-22(28)25-18-3-4-20-16(12-18)8-11-27(20)14-15-6-9-24-10-7-15/h2-13H,14H2,1H3,(H2,25,26,28). The number of halogens is 1. The number of anilines is 2. The van der Waals surface area contributed by atoms with Crippen LogP contribution in [-0.4, -0.2) is 22.7 Å². The maximum absolute atomic E-state index is 12.4. The third-order valence-electron chi connectivity index (χ3n) is 4.54.